The van der Waals surface area contributed by atoms with Crippen LogP contribution in [0, 0.1) is 11.3 Å². The van der Waals surface area contributed by atoms with E-state index in [9.17, 15) is 5.26 Å². The number of rotatable bonds is 6. The molecule has 2 aromatic rings. The smallest absolute Gasteiger partial charge is 0.229 e. The second-order valence-corrected chi connectivity index (χ2v) is 7.82. The molecule has 0 amide bonds. The van der Waals surface area contributed by atoms with Crippen LogP contribution in [0.1, 0.15) is 6.42 Å². The molecule has 2 aliphatic rings. The van der Waals surface area contributed by atoms with Crippen molar-refractivity contribution in [2.45, 2.75) is 12.0 Å². The molecule has 4 rings (SSSR count). The van der Waals surface area contributed by atoms with E-state index >= 15 is 0 Å². The van der Waals surface area contributed by atoms with Gasteiger partial charge in [0.15, 0.2) is 11.6 Å². The second kappa shape index (κ2) is 7.85. The zero-order chi connectivity index (χ0) is 20.4. The molecular weight excluding hydrogens is 370 g/mol. The van der Waals surface area contributed by atoms with Crippen LogP contribution in [-0.2, 0) is 7.05 Å². The molecule has 2 aromatic heterocycles. The van der Waals surface area contributed by atoms with E-state index in [1.165, 1.54) is 0 Å². The quantitative estimate of drug-likeness (QED) is 0.754. The van der Waals surface area contributed by atoms with Gasteiger partial charge >= 0.3 is 0 Å². The van der Waals surface area contributed by atoms with Crippen LogP contribution in [0.5, 0.6) is 5.75 Å². The monoisotopic (exact) mass is 397 g/mol. The lowest BCUT2D eigenvalue weighted by molar-refractivity contribution is 0.0217. The number of hydrogen-bond donors (Lipinski definition) is 1. The van der Waals surface area contributed by atoms with Gasteiger partial charge in [-0.1, -0.05) is 0 Å². The second-order valence-electron chi connectivity index (χ2n) is 7.82. The van der Waals surface area contributed by atoms with Crippen LogP contribution < -0.4 is 15.0 Å². The Morgan fingerprint density at radius 3 is 2.59 bits per heavy atom. The number of likely N-dealkylation sites (N-methyl/N-ethyl adjacent to an activating group) is 1. The molecule has 2 fully saturated rings. The zero-order valence-electron chi connectivity index (χ0n) is 17.2. The maximum Gasteiger partial charge on any atom is 0.229 e. The molecule has 0 saturated carbocycles. The van der Waals surface area contributed by atoms with Crippen LogP contribution in [0.2, 0.25) is 0 Å². The normalized spacial score (nSPS) is 19.4. The van der Waals surface area contributed by atoms with Gasteiger partial charge in [-0.25, -0.2) is 4.98 Å². The van der Waals surface area contributed by atoms with Gasteiger partial charge in [0, 0.05) is 52.5 Å². The summed E-state index contributed by atoms with van der Waals surface area (Å²) in [5, 5.41) is 16.8. The fourth-order valence-electron chi connectivity index (χ4n) is 4.07. The summed E-state index contributed by atoms with van der Waals surface area (Å²) in [6, 6.07) is 2.40. The van der Waals surface area contributed by atoms with Crippen molar-refractivity contribution in [1.29, 1.82) is 5.26 Å². The number of piperazine rings is 1. The molecular formula is C19H27N9O. The SMILES string of the molecule is COc1cnc(Nc2cnn(C)c2)nc1N1CC(CC#N)(N2CCN(C)CC2)C1. The number of anilines is 3. The minimum absolute atomic E-state index is 0.122. The van der Waals surface area contributed by atoms with Crippen molar-refractivity contribution in [3.63, 3.8) is 0 Å². The summed E-state index contributed by atoms with van der Waals surface area (Å²) < 4.78 is 7.22. The van der Waals surface area contributed by atoms with Gasteiger partial charge in [0.05, 0.1) is 43.2 Å². The predicted molar refractivity (Wildman–Crippen MR) is 109 cm³/mol. The third kappa shape index (κ3) is 3.83. The van der Waals surface area contributed by atoms with Gasteiger partial charge in [-0.15, -0.1) is 0 Å². The summed E-state index contributed by atoms with van der Waals surface area (Å²) in [6.07, 6.45) is 5.78. The minimum atomic E-state index is -0.122. The van der Waals surface area contributed by atoms with Crippen LogP contribution in [0.3, 0.4) is 0 Å². The van der Waals surface area contributed by atoms with Gasteiger partial charge in [0.1, 0.15) is 0 Å². The molecule has 10 nitrogen and oxygen atoms in total. The molecule has 1 N–H and O–H groups in total. The fourth-order valence-corrected chi connectivity index (χ4v) is 4.07. The largest absolute Gasteiger partial charge is 0.491 e. The number of aryl methyl sites for hydroxylation is 1. The number of ether oxygens (including phenoxy) is 1. The molecule has 10 heteroatoms. The lowest BCUT2D eigenvalue weighted by Gasteiger charge is -2.57. The van der Waals surface area contributed by atoms with Gasteiger partial charge in [-0.3, -0.25) is 9.58 Å². The van der Waals surface area contributed by atoms with E-state index in [1.54, 1.807) is 24.2 Å². The molecule has 29 heavy (non-hydrogen) atoms. The van der Waals surface area contributed by atoms with E-state index in [0.29, 0.717) is 18.1 Å². The molecule has 4 heterocycles. The maximum atomic E-state index is 9.44. The molecule has 2 aliphatic heterocycles. The molecule has 0 spiro atoms. The van der Waals surface area contributed by atoms with Crippen LogP contribution in [0.15, 0.2) is 18.6 Å². The standard InChI is InChI=1S/C19H27N9O/c1-25-6-8-28(9-7-25)19(4-5-20)13-27(14-19)17-16(29-3)11-21-18(24-17)23-15-10-22-26(2)12-15/h10-12H,4,6-9,13-14H2,1-3H3,(H,21,23,24). The van der Waals surface area contributed by atoms with Crippen molar-refractivity contribution < 1.29 is 4.74 Å². The lowest BCUT2D eigenvalue weighted by atomic mass is 9.84. The Bertz CT molecular complexity index is 891. The summed E-state index contributed by atoms with van der Waals surface area (Å²) in [5.41, 5.74) is 0.701. The molecule has 0 unspecified atom stereocenters. The Kier molecular flexibility index (Phi) is 5.25. The van der Waals surface area contributed by atoms with Crippen molar-refractivity contribution in [2.24, 2.45) is 7.05 Å². The Hall–Kier alpha value is -2.90. The number of aromatic nitrogens is 4. The van der Waals surface area contributed by atoms with Crippen LogP contribution >= 0.6 is 0 Å². The van der Waals surface area contributed by atoms with E-state index in [4.69, 9.17) is 4.74 Å². The average molecular weight is 397 g/mol. The Balaban J connectivity index is 1.52. The summed E-state index contributed by atoms with van der Waals surface area (Å²) >= 11 is 0. The number of methoxy groups -OCH3 is 1. The number of hydrogen-bond acceptors (Lipinski definition) is 9. The van der Waals surface area contributed by atoms with Gasteiger partial charge in [-0.2, -0.15) is 15.3 Å². The first-order valence-corrected chi connectivity index (χ1v) is 9.75. The van der Waals surface area contributed by atoms with E-state index in [2.05, 4.69) is 48.2 Å². The molecule has 0 aliphatic carbocycles. The van der Waals surface area contributed by atoms with Crippen LogP contribution in [0.25, 0.3) is 0 Å². The highest BCUT2D eigenvalue weighted by atomic mass is 16.5. The fraction of sp³-hybridized carbons (Fsp3) is 0.579. The molecule has 0 atom stereocenters. The topological polar surface area (TPSA) is 98.4 Å². The molecule has 154 valence electrons. The molecule has 2 saturated heterocycles. The lowest BCUT2D eigenvalue weighted by Crippen LogP contribution is -2.72. The van der Waals surface area contributed by atoms with Crippen molar-refractivity contribution >= 4 is 17.5 Å². The average Bonchev–Trinajstić information content (AvgIpc) is 3.10. The third-order valence-corrected chi connectivity index (χ3v) is 5.77. The minimum Gasteiger partial charge on any atom is -0.491 e. The van der Waals surface area contributed by atoms with Gasteiger partial charge < -0.3 is 19.9 Å². The first-order chi connectivity index (χ1) is 14.0. The van der Waals surface area contributed by atoms with Crippen LogP contribution in [-0.4, -0.2) is 88.5 Å². The molecule has 0 aromatic carbocycles. The van der Waals surface area contributed by atoms with E-state index < -0.39 is 0 Å². The highest BCUT2D eigenvalue weighted by Crippen LogP contribution is 2.38. The number of nitrogens with zero attached hydrogens (tertiary/aromatic N) is 8. The highest BCUT2D eigenvalue weighted by molar-refractivity contribution is 5.60. The van der Waals surface area contributed by atoms with E-state index in [1.807, 2.05) is 13.2 Å². The Labute approximate surface area is 170 Å². The van der Waals surface area contributed by atoms with Crippen molar-refractivity contribution in [3.05, 3.63) is 18.6 Å². The van der Waals surface area contributed by atoms with E-state index in [0.717, 1.165) is 50.8 Å². The maximum absolute atomic E-state index is 9.44. The van der Waals surface area contributed by atoms with Crippen molar-refractivity contribution in [2.75, 3.05) is 63.6 Å². The molecule has 0 bridgehead atoms. The van der Waals surface area contributed by atoms with Gasteiger partial charge in [0.25, 0.3) is 0 Å². The summed E-state index contributed by atoms with van der Waals surface area (Å²) in [7, 11) is 5.63. The zero-order valence-corrected chi connectivity index (χ0v) is 17.2. The summed E-state index contributed by atoms with van der Waals surface area (Å²) in [4.78, 5) is 16.0. The Morgan fingerprint density at radius 2 is 1.97 bits per heavy atom. The summed E-state index contributed by atoms with van der Waals surface area (Å²) in [5.74, 6) is 1.87. The van der Waals surface area contributed by atoms with Gasteiger partial charge in [0.2, 0.25) is 5.95 Å². The van der Waals surface area contributed by atoms with Crippen LogP contribution in [0.4, 0.5) is 17.5 Å². The first-order valence-electron chi connectivity index (χ1n) is 9.75. The highest BCUT2D eigenvalue weighted by Gasteiger charge is 2.49. The van der Waals surface area contributed by atoms with Crippen molar-refractivity contribution in [1.82, 2.24) is 29.5 Å². The molecule has 0 radical (unpaired) electrons. The first kappa shape index (κ1) is 19.4. The number of nitrogens with one attached hydrogen (secondary N) is 1. The summed E-state index contributed by atoms with van der Waals surface area (Å²) in [6.45, 7) is 5.54. The number of nitriles is 1. The van der Waals surface area contributed by atoms with Crippen molar-refractivity contribution in [3.8, 4) is 11.8 Å². The Morgan fingerprint density at radius 1 is 1.21 bits per heavy atom. The van der Waals surface area contributed by atoms with Gasteiger partial charge in [-0.05, 0) is 7.05 Å². The van der Waals surface area contributed by atoms with E-state index in [-0.39, 0.29) is 5.54 Å². The predicted octanol–water partition coefficient (Wildman–Crippen LogP) is 0.682. The third-order valence-electron chi connectivity index (χ3n) is 5.77.